The zero-order valence-electron chi connectivity index (χ0n) is 16.5. The molecule has 0 aliphatic carbocycles. The molecular formula is C22H18ClN3O3S. The summed E-state index contributed by atoms with van der Waals surface area (Å²) < 4.78 is 10.5. The number of methoxy groups -OCH3 is 2. The van der Waals surface area contributed by atoms with Gasteiger partial charge in [-0.15, -0.1) is 11.3 Å². The lowest BCUT2D eigenvalue weighted by atomic mass is 10.1. The van der Waals surface area contributed by atoms with Gasteiger partial charge < -0.3 is 14.8 Å². The Bertz CT molecular complexity index is 1160. The van der Waals surface area contributed by atoms with Crippen LogP contribution in [0.5, 0.6) is 11.5 Å². The Kier molecular flexibility index (Phi) is 6.72. The van der Waals surface area contributed by atoms with E-state index in [1.165, 1.54) is 24.5 Å². The molecule has 0 bridgehead atoms. The normalized spacial score (nSPS) is 11.0. The lowest BCUT2D eigenvalue weighted by molar-refractivity contribution is -0.112. The van der Waals surface area contributed by atoms with Gasteiger partial charge >= 0.3 is 0 Å². The van der Waals surface area contributed by atoms with E-state index >= 15 is 0 Å². The number of carbonyl (C=O) groups is 1. The fourth-order valence-corrected chi connectivity index (χ4v) is 3.59. The molecule has 2 aromatic carbocycles. The minimum absolute atomic E-state index is 0.0767. The number of nitrogens with zero attached hydrogens (tertiary/aromatic N) is 2. The van der Waals surface area contributed by atoms with E-state index in [9.17, 15) is 10.1 Å². The Morgan fingerprint density at radius 2 is 2.07 bits per heavy atom. The van der Waals surface area contributed by atoms with Gasteiger partial charge in [0.15, 0.2) is 0 Å². The molecule has 0 aliphatic rings. The number of thiazole rings is 1. The van der Waals surface area contributed by atoms with Crippen LogP contribution in [0.2, 0.25) is 5.02 Å². The number of anilines is 1. The van der Waals surface area contributed by atoms with Crippen molar-refractivity contribution in [2.24, 2.45) is 0 Å². The van der Waals surface area contributed by atoms with Crippen LogP contribution in [0.1, 0.15) is 11.3 Å². The molecule has 8 heteroatoms. The van der Waals surface area contributed by atoms with E-state index in [2.05, 4.69) is 10.3 Å². The van der Waals surface area contributed by atoms with Crippen molar-refractivity contribution >= 4 is 40.6 Å². The second-order valence-corrected chi connectivity index (χ2v) is 7.50. The maximum absolute atomic E-state index is 12.6. The van der Waals surface area contributed by atoms with Crippen molar-refractivity contribution in [3.63, 3.8) is 0 Å². The van der Waals surface area contributed by atoms with Gasteiger partial charge in [-0.3, -0.25) is 4.79 Å². The molecule has 3 aromatic rings. The third-order valence-corrected chi connectivity index (χ3v) is 5.54. The highest BCUT2D eigenvalue weighted by Gasteiger charge is 2.15. The Morgan fingerprint density at radius 1 is 1.27 bits per heavy atom. The van der Waals surface area contributed by atoms with Crippen molar-refractivity contribution in [1.82, 2.24) is 4.98 Å². The number of aromatic nitrogens is 1. The quantitative estimate of drug-likeness (QED) is 0.414. The smallest absolute Gasteiger partial charge is 0.266 e. The van der Waals surface area contributed by atoms with Crippen LogP contribution in [0.3, 0.4) is 0 Å². The van der Waals surface area contributed by atoms with Crippen LogP contribution < -0.4 is 14.8 Å². The van der Waals surface area contributed by atoms with E-state index < -0.39 is 5.91 Å². The first-order chi connectivity index (χ1) is 14.4. The van der Waals surface area contributed by atoms with Gasteiger partial charge in [-0.1, -0.05) is 23.7 Å². The van der Waals surface area contributed by atoms with Gasteiger partial charge in [0, 0.05) is 22.0 Å². The summed E-state index contributed by atoms with van der Waals surface area (Å²) in [5, 5.41) is 15.2. The Morgan fingerprint density at radius 3 is 2.77 bits per heavy atom. The third-order valence-electron chi connectivity index (χ3n) is 4.22. The standard InChI is InChI=1S/C22H18ClN3O3S/c1-13-7-19(20(29-3)10-18(13)23)26-21(27)15(11-24)8-16-12-30-22(25-16)14-5-4-6-17(9-14)28-2/h4-10,12H,1-3H3,(H,26,27)/b15-8+. The van der Waals surface area contributed by atoms with Crippen molar-refractivity contribution < 1.29 is 14.3 Å². The van der Waals surface area contributed by atoms with Gasteiger partial charge in [-0.25, -0.2) is 4.98 Å². The number of nitrogens with one attached hydrogen (secondary N) is 1. The second-order valence-electron chi connectivity index (χ2n) is 6.24. The summed E-state index contributed by atoms with van der Waals surface area (Å²) >= 11 is 7.51. The summed E-state index contributed by atoms with van der Waals surface area (Å²) in [6, 6.07) is 12.8. The van der Waals surface area contributed by atoms with Crippen LogP contribution in [0.15, 0.2) is 47.4 Å². The van der Waals surface area contributed by atoms with Gasteiger partial charge in [0.2, 0.25) is 0 Å². The minimum Gasteiger partial charge on any atom is -0.497 e. The van der Waals surface area contributed by atoms with Crippen LogP contribution in [0, 0.1) is 18.3 Å². The van der Waals surface area contributed by atoms with E-state index in [1.807, 2.05) is 37.3 Å². The number of halogens is 1. The number of aryl methyl sites for hydroxylation is 1. The van der Waals surface area contributed by atoms with E-state index in [0.29, 0.717) is 22.2 Å². The second kappa shape index (κ2) is 9.44. The predicted octanol–water partition coefficient (Wildman–Crippen LogP) is 5.33. The van der Waals surface area contributed by atoms with Crippen LogP contribution in [-0.2, 0) is 4.79 Å². The number of benzene rings is 2. The highest BCUT2D eigenvalue weighted by Crippen LogP contribution is 2.31. The van der Waals surface area contributed by atoms with Crippen LogP contribution >= 0.6 is 22.9 Å². The topological polar surface area (TPSA) is 84.2 Å². The summed E-state index contributed by atoms with van der Waals surface area (Å²) in [5.41, 5.74) is 2.54. The molecule has 1 amide bonds. The molecule has 0 saturated carbocycles. The highest BCUT2D eigenvalue weighted by molar-refractivity contribution is 7.13. The Balaban J connectivity index is 1.84. The Hall–Kier alpha value is -3.34. The third kappa shape index (κ3) is 4.79. The van der Waals surface area contributed by atoms with E-state index in [4.69, 9.17) is 21.1 Å². The maximum atomic E-state index is 12.6. The zero-order chi connectivity index (χ0) is 21.7. The lowest BCUT2D eigenvalue weighted by Crippen LogP contribution is -2.14. The SMILES string of the molecule is COc1cccc(-c2nc(/C=C(\C#N)C(=O)Nc3cc(C)c(Cl)cc3OC)cs2)c1. The molecule has 0 saturated heterocycles. The number of amides is 1. The molecule has 0 fully saturated rings. The molecule has 3 rings (SSSR count). The fraction of sp³-hybridized carbons (Fsp3) is 0.136. The predicted molar refractivity (Wildman–Crippen MR) is 119 cm³/mol. The van der Waals surface area contributed by atoms with Crippen LogP contribution in [0.25, 0.3) is 16.6 Å². The summed E-state index contributed by atoms with van der Waals surface area (Å²) in [6.45, 7) is 1.81. The average Bonchev–Trinajstić information content (AvgIpc) is 3.23. The zero-order valence-corrected chi connectivity index (χ0v) is 18.1. The molecule has 0 unspecified atom stereocenters. The summed E-state index contributed by atoms with van der Waals surface area (Å²) in [5.74, 6) is 0.572. The average molecular weight is 440 g/mol. The summed E-state index contributed by atoms with van der Waals surface area (Å²) in [6.07, 6.45) is 1.45. The van der Waals surface area contributed by atoms with E-state index in [-0.39, 0.29) is 5.57 Å². The number of rotatable bonds is 6. The van der Waals surface area contributed by atoms with Crippen molar-refractivity contribution in [3.05, 3.63) is 63.6 Å². The van der Waals surface area contributed by atoms with Gasteiger partial charge in [-0.2, -0.15) is 5.26 Å². The fourth-order valence-electron chi connectivity index (χ4n) is 2.66. The largest absolute Gasteiger partial charge is 0.497 e. The number of carbonyl (C=O) groups excluding carboxylic acids is 1. The first-order valence-corrected chi connectivity index (χ1v) is 10.1. The molecule has 1 heterocycles. The Labute approximate surface area is 183 Å². The van der Waals surface area contributed by atoms with Crippen molar-refractivity contribution in [1.29, 1.82) is 5.26 Å². The number of hydrogen-bond donors (Lipinski definition) is 1. The van der Waals surface area contributed by atoms with Gasteiger partial charge in [0.1, 0.15) is 28.1 Å². The minimum atomic E-state index is -0.562. The summed E-state index contributed by atoms with van der Waals surface area (Å²) in [7, 11) is 3.08. The molecule has 0 atom stereocenters. The molecule has 152 valence electrons. The molecule has 0 radical (unpaired) electrons. The highest BCUT2D eigenvalue weighted by atomic mass is 35.5. The summed E-state index contributed by atoms with van der Waals surface area (Å²) in [4.78, 5) is 17.1. The first-order valence-electron chi connectivity index (χ1n) is 8.82. The van der Waals surface area contributed by atoms with E-state index in [0.717, 1.165) is 21.9 Å². The number of ether oxygens (including phenoxy) is 2. The molecule has 1 N–H and O–H groups in total. The maximum Gasteiger partial charge on any atom is 0.266 e. The van der Waals surface area contributed by atoms with Crippen LogP contribution in [0.4, 0.5) is 5.69 Å². The van der Waals surface area contributed by atoms with Gasteiger partial charge in [0.05, 0.1) is 25.6 Å². The van der Waals surface area contributed by atoms with E-state index in [1.54, 1.807) is 24.6 Å². The molecule has 0 spiro atoms. The molecule has 0 aliphatic heterocycles. The van der Waals surface area contributed by atoms with Crippen molar-refractivity contribution in [2.75, 3.05) is 19.5 Å². The molecule has 1 aromatic heterocycles. The molecule has 30 heavy (non-hydrogen) atoms. The molecular weight excluding hydrogens is 422 g/mol. The van der Waals surface area contributed by atoms with Gasteiger partial charge in [-0.05, 0) is 36.8 Å². The molecule has 6 nitrogen and oxygen atoms in total. The number of nitriles is 1. The van der Waals surface area contributed by atoms with Crippen LogP contribution in [-0.4, -0.2) is 25.1 Å². The monoisotopic (exact) mass is 439 g/mol. The lowest BCUT2D eigenvalue weighted by Gasteiger charge is -2.11. The van der Waals surface area contributed by atoms with Crippen molar-refractivity contribution in [2.45, 2.75) is 6.92 Å². The first kappa shape index (κ1) is 21.4. The number of hydrogen-bond acceptors (Lipinski definition) is 6. The van der Waals surface area contributed by atoms with Gasteiger partial charge in [0.25, 0.3) is 5.91 Å². The van der Waals surface area contributed by atoms with Crippen molar-refractivity contribution in [3.8, 4) is 28.1 Å².